The number of fused-ring (bicyclic) bond motifs is 1. The molecule has 1 amide bonds. The lowest BCUT2D eigenvalue weighted by Crippen LogP contribution is -2.40. The molecular formula is C23H25N3O. The van der Waals surface area contributed by atoms with Gasteiger partial charge in [-0.1, -0.05) is 42.5 Å². The van der Waals surface area contributed by atoms with Crippen LogP contribution in [0.3, 0.4) is 0 Å². The van der Waals surface area contributed by atoms with Gasteiger partial charge in [0, 0.05) is 37.6 Å². The first-order valence-electron chi connectivity index (χ1n) is 9.67. The van der Waals surface area contributed by atoms with Gasteiger partial charge < -0.3 is 5.32 Å². The summed E-state index contributed by atoms with van der Waals surface area (Å²) in [5.74, 6) is 0.519. The zero-order valence-corrected chi connectivity index (χ0v) is 15.5. The second kappa shape index (κ2) is 8.31. The Morgan fingerprint density at radius 1 is 1.11 bits per heavy atom. The molecule has 1 saturated heterocycles. The van der Waals surface area contributed by atoms with Crippen LogP contribution in [0.4, 0.5) is 0 Å². The monoisotopic (exact) mass is 359 g/mol. The maximum Gasteiger partial charge on any atom is 0.251 e. The molecule has 0 bridgehead atoms. The second-order valence-electron chi connectivity index (χ2n) is 7.34. The third kappa shape index (κ3) is 4.34. The standard InChI is InChI=1S/C23H25N3O/c27-23(22-11-3-9-20-8-1-2-10-21(20)22)25-15-19-7-5-13-26(17-19)16-18-6-4-12-24-14-18/h1-4,6,8-12,14,19H,5,7,13,15-17H2,(H,25,27). The van der Waals surface area contributed by atoms with Gasteiger partial charge in [-0.15, -0.1) is 0 Å². The Bertz CT molecular complexity index is 904. The van der Waals surface area contributed by atoms with Crippen molar-refractivity contribution in [3.05, 3.63) is 78.1 Å². The minimum absolute atomic E-state index is 0.0242. The number of benzene rings is 2. The maximum atomic E-state index is 12.7. The number of likely N-dealkylation sites (tertiary alicyclic amines) is 1. The van der Waals surface area contributed by atoms with Gasteiger partial charge in [-0.3, -0.25) is 14.7 Å². The highest BCUT2D eigenvalue weighted by molar-refractivity contribution is 6.06. The predicted molar refractivity (Wildman–Crippen MR) is 109 cm³/mol. The molecule has 1 N–H and O–H groups in total. The van der Waals surface area contributed by atoms with Crippen LogP contribution in [0.1, 0.15) is 28.8 Å². The summed E-state index contributed by atoms with van der Waals surface area (Å²) in [5, 5.41) is 5.28. The molecule has 1 aromatic heterocycles. The number of hydrogen-bond acceptors (Lipinski definition) is 3. The lowest BCUT2D eigenvalue weighted by molar-refractivity contribution is 0.0932. The zero-order valence-electron chi connectivity index (χ0n) is 15.5. The lowest BCUT2D eigenvalue weighted by Gasteiger charge is -2.32. The molecule has 0 aliphatic carbocycles. The number of carbonyl (C=O) groups is 1. The Balaban J connectivity index is 1.36. The highest BCUT2D eigenvalue weighted by Gasteiger charge is 2.21. The van der Waals surface area contributed by atoms with Crippen molar-refractivity contribution < 1.29 is 4.79 Å². The summed E-state index contributed by atoms with van der Waals surface area (Å²) in [4.78, 5) is 19.4. The van der Waals surface area contributed by atoms with Gasteiger partial charge in [-0.2, -0.15) is 0 Å². The van der Waals surface area contributed by atoms with Crippen LogP contribution in [-0.4, -0.2) is 35.4 Å². The summed E-state index contributed by atoms with van der Waals surface area (Å²) in [7, 11) is 0. The number of nitrogens with zero attached hydrogens (tertiary/aromatic N) is 2. The Morgan fingerprint density at radius 3 is 2.89 bits per heavy atom. The van der Waals surface area contributed by atoms with Gasteiger partial charge in [-0.25, -0.2) is 0 Å². The number of rotatable bonds is 5. The third-order valence-corrected chi connectivity index (χ3v) is 5.32. The molecule has 1 aliphatic rings. The first-order chi connectivity index (χ1) is 13.3. The van der Waals surface area contributed by atoms with Crippen LogP contribution < -0.4 is 5.32 Å². The van der Waals surface area contributed by atoms with Crippen LogP contribution >= 0.6 is 0 Å². The summed E-state index contributed by atoms with van der Waals surface area (Å²) in [5.41, 5.74) is 2.01. The summed E-state index contributed by atoms with van der Waals surface area (Å²) >= 11 is 0. The Morgan fingerprint density at radius 2 is 2.00 bits per heavy atom. The number of piperidine rings is 1. The topological polar surface area (TPSA) is 45.2 Å². The van der Waals surface area contributed by atoms with Crippen molar-refractivity contribution in [1.82, 2.24) is 15.2 Å². The molecule has 4 heteroatoms. The third-order valence-electron chi connectivity index (χ3n) is 5.32. The molecule has 0 radical (unpaired) electrons. The molecule has 4 nitrogen and oxygen atoms in total. The summed E-state index contributed by atoms with van der Waals surface area (Å²) in [6, 6.07) is 18.1. The molecule has 0 saturated carbocycles. The van der Waals surface area contributed by atoms with E-state index in [1.807, 2.05) is 60.9 Å². The fourth-order valence-corrected chi connectivity index (χ4v) is 3.97. The fourth-order valence-electron chi connectivity index (χ4n) is 3.97. The molecule has 138 valence electrons. The number of aromatic nitrogens is 1. The van der Waals surface area contributed by atoms with Crippen LogP contribution in [0.5, 0.6) is 0 Å². The summed E-state index contributed by atoms with van der Waals surface area (Å²) < 4.78 is 0. The van der Waals surface area contributed by atoms with Gasteiger partial charge in [0.2, 0.25) is 0 Å². The SMILES string of the molecule is O=C(NCC1CCCN(Cc2cccnc2)C1)c1cccc2ccccc12. The summed E-state index contributed by atoms with van der Waals surface area (Å²) in [6.45, 7) is 3.79. The minimum atomic E-state index is 0.0242. The highest BCUT2D eigenvalue weighted by Crippen LogP contribution is 2.20. The van der Waals surface area contributed by atoms with Crippen molar-refractivity contribution in [3.63, 3.8) is 0 Å². The van der Waals surface area contributed by atoms with Gasteiger partial charge >= 0.3 is 0 Å². The van der Waals surface area contributed by atoms with Crippen LogP contribution in [-0.2, 0) is 6.54 Å². The van der Waals surface area contributed by atoms with E-state index in [4.69, 9.17) is 0 Å². The van der Waals surface area contributed by atoms with E-state index in [-0.39, 0.29) is 5.91 Å². The fraction of sp³-hybridized carbons (Fsp3) is 0.304. The van der Waals surface area contributed by atoms with Crippen molar-refractivity contribution >= 4 is 16.7 Å². The van der Waals surface area contributed by atoms with Crippen LogP contribution in [0, 0.1) is 5.92 Å². The van der Waals surface area contributed by atoms with Gasteiger partial charge in [-0.05, 0) is 53.8 Å². The normalized spacial score (nSPS) is 17.7. The predicted octanol–water partition coefficient (Wildman–Crippen LogP) is 3.88. The van der Waals surface area contributed by atoms with E-state index in [9.17, 15) is 4.79 Å². The molecule has 1 unspecified atom stereocenters. The Hall–Kier alpha value is -2.72. The molecule has 3 aromatic rings. The molecule has 2 heterocycles. The van der Waals surface area contributed by atoms with E-state index in [2.05, 4.69) is 21.3 Å². The van der Waals surface area contributed by atoms with Crippen LogP contribution in [0.15, 0.2) is 67.0 Å². The van der Waals surface area contributed by atoms with Crippen molar-refractivity contribution in [2.24, 2.45) is 5.92 Å². The maximum absolute atomic E-state index is 12.7. The molecule has 0 spiro atoms. The zero-order chi connectivity index (χ0) is 18.5. The molecular weight excluding hydrogens is 334 g/mol. The molecule has 27 heavy (non-hydrogen) atoms. The Kier molecular flexibility index (Phi) is 5.45. The first kappa shape index (κ1) is 17.7. The Labute approximate surface area is 160 Å². The largest absolute Gasteiger partial charge is 0.352 e. The van der Waals surface area contributed by atoms with Crippen molar-refractivity contribution in [2.75, 3.05) is 19.6 Å². The van der Waals surface area contributed by atoms with Crippen LogP contribution in [0.25, 0.3) is 10.8 Å². The van der Waals surface area contributed by atoms with E-state index < -0.39 is 0 Å². The van der Waals surface area contributed by atoms with E-state index in [0.717, 1.165) is 42.5 Å². The number of nitrogens with one attached hydrogen (secondary N) is 1. The number of hydrogen-bond donors (Lipinski definition) is 1. The van der Waals surface area contributed by atoms with E-state index in [1.54, 1.807) is 0 Å². The van der Waals surface area contributed by atoms with E-state index in [1.165, 1.54) is 18.4 Å². The van der Waals surface area contributed by atoms with Gasteiger partial charge in [0.25, 0.3) is 5.91 Å². The molecule has 2 aromatic carbocycles. The molecule has 1 aliphatic heterocycles. The van der Waals surface area contributed by atoms with Gasteiger partial charge in [0.1, 0.15) is 0 Å². The van der Waals surface area contributed by atoms with E-state index in [0.29, 0.717) is 5.92 Å². The smallest absolute Gasteiger partial charge is 0.251 e. The highest BCUT2D eigenvalue weighted by atomic mass is 16.1. The molecule has 1 atom stereocenters. The molecule has 4 rings (SSSR count). The van der Waals surface area contributed by atoms with E-state index >= 15 is 0 Å². The summed E-state index contributed by atoms with van der Waals surface area (Å²) in [6.07, 6.45) is 6.09. The van der Waals surface area contributed by atoms with Crippen molar-refractivity contribution in [2.45, 2.75) is 19.4 Å². The minimum Gasteiger partial charge on any atom is -0.352 e. The second-order valence-corrected chi connectivity index (χ2v) is 7.34. The van der Waals surface area contributed by atoms with Gasteiger partial charge in [0.15, 0.2) is 0 Å². The van der Waals surface area contributed by atoms with Crippen molar-refractivity contribution in [3.8, 4) is 0 Å². The first-order valence-corrected chi connectivity index (χ1v) is 9.67. The van der Waals surface area contributed by atoms with Crippen LogP contribution in [0.2, 0.25) is 0 Å². The average Bonchev–Trinajstić information content (AvgIpc) is 2.72. The quantitative estimate of drug-likeness (QED) is 0.752. The number of pyridine rings is 1. The van der Waals surface area contributed by atoms with Crippen molar-refractivity contribution in [1.29, 1.82) is 0 Å². The van der Waals surface area contributed by atoms with Gasteiger partial charge in [0.05, 0.1) is 0 Å². The average molecular weight is 359 g/mol. The molecule has 1 fully saturated rings. The number of amides is 1. The number of carbonyl (C=O) groups excluding carboxylic acids is 1. The lowest BCUT2D eigenvalue weighted by atomic mass is 9.97.